The first-order valence-corrected chi connectivity index (χ1v) is 6.84. The number of aromatic nitrogens is 4. The SMILES string of the molecule is CC1(C)C(O)CC1Nc1cc(-n2cnnn2)ccc1Cl. The third-order valence-corrected chi connectivity index (χ3v) is 4.44. The van der Waals surface area contributed by atoms with E-state index in [4.69, 9.17) is 11.6 Å². The van der Waals surface area contributed by atoms with Crippen LogP contribution in [0.2, 0.25) is 5.02 Å². The van der Waals surface area contributed by atoms with Gasteiger partial charge in [0.2, 0.25) is 0 Å². The standard InChI is InChI=1S/C13H16ClN5O/c1-13(2)11(6-12(13)20)16-10-5-8(3-4-9(10)14)19-7-15-17-18-19/h3-5,7,11-12,16,20H,6H2,1-2H3. The van der Waals surface area contributed by atoms with Crippen LogP contribution in [0.5, 0.6) is 0 Å². The maximum Gasteiger partial charge on any atom is 0.143 e. The lowest BCUT2D eigenvalue weighted by atomic mass is 9.64. The van der Waals surface area contributed by atoms with Crippen molar-refractivity contribution in [3.8, 4) is 5.69 Å². The highest BCUT2D eigenvalue weighted by Gasteiger charge is 2.47. The summed E-state index contributed by atoms with van der Waals surface area (Å²) >= 11 is 6.23. The predicted octanol–water partition coefficient (Wildman–Crippen LogP) is 1.89. The summed E-state index contributed by atoms with van der Waals surface area (Å²) in [4.78, 5) is 0. The molecule has 6 nitrogen and oxygen atoms in total. The Hall–Kier alpha value is -1.66. The van der Waals surface area contributed by atoms with Gasteiger partial charge in [0, 0.05) is 11.5 Å². The van der Waals surface area contributed by atoms with E-state index in [0.717, 1.165) is 17.8 Å². The average molecular weight is 294 g/mol. The first kappa shape index (κ1) is 13.3. The number of hydrogen-bond donors (Lipinski definition) is 2. The number of hydrogen-bond acceptors (Lipinski definition) is 5. The van der Waals surface area contributed by atoms with Crippen LogP contribution in [0.25, 0.3) is 5.69 Å². The van der Waals surface area contributed by atoms with Gasteiger partial charge in [-0.1, -0.05) is 25.4 Å². The Bertz CT molecular complexity index is 613. The summed E-state index contributed by atoms with van der Waals surface area (Å²) in [5.41, 5.74) is 1.50. The summed E-state index contributed by atoms with van der Waals surface area (Å²) in [6.07, 6.45) is 1.98. The highest BCUT2D eigenvalue weighted by atomic mass is 35.5. The van der Waals surface area contributed by atoms with Crippen molar-refractivity contribution in [2.45, 2.75) is 32.4 Å². The van der Waals surface area contributed by atoms with Gasteiger partial charge >= 0.3 is 0 Å². The number of tetrazole rings is 1. The number of nitrogens with zero attached hydrogens (tertiary/aromatic N) is 4. The minimum absolute atomic E-state index is 0.159. The van der Waals surface area contributed by atoms with Crippen molar-refractivity contribution in [1.29, 1.82) is 0 Å². The minimum atomic E-state index is -0.276. The molecular weight excluding hydrogens is 278 g/mol. The maximum absolute atomic E-state index is 9.79. The zero-order valence-electron chi connectivity index (χ0n) is 11.3. The van der Waals surface area contributed by atoms with E-state index in [9.17, 15) is 5.11 Å². The van der Waals surface area contributed by atoms with E-state index in [0.29, 0.717) is 5.02 Å². The van der Waals surface area contributed by atoms with Gasteiger partial charge in [0.25, 0.3) is 0 Å². The molecule has 1 aromatic heterocycles. The summed E-state index contributed by atoms with van der Waals surface area (Å²) in [7, 11) is 0. The molecule has 2 unspecified atom stereocenters. The van der Waals surface area contributed by atoms with Gasteiger partial charge in [-0.15, -0.1) is 5.10 Å². The van der Waals surface area contributed by atoms with Crippen LogP contribution < -0.4 is 5.32 Å². The van der Waals surface area contributed by atoms with Crippen LogP contribution in [0.1, 0.15) is 20.3 Å². The molecule has 7 heteroatoms. The second kappa shape index (κ2) is 4.71. The smallest absolute Gasteiger partial charge is 0.143 e. The molecule has 1 aliphatic rings. The Balaban J connectivity index is 1.85. The Morgan fingerprint density at radius 3 is 2.85 bits per heavy atom. The molecule has 2 N–H and O–H groups in total. The lowest BCUT2D eigenvalue weighted by molar-refractivity contribution is -0.0510. The van der Waals surface area contributed by atoms with Crippen LogP contribution in [0.3, 0.4) is 0 Å². The number of rotatable bonds is 3. The largest absolute Gasteiger partial charge is 0.392 e. The first-order valence-electron chi connectivity index (χ1n) is 6.46. The molecule has 106 valence electrons. The first-order chi connectivity index (χ1) is 9.48. The van der Waals surface area contributed by atoms with Crippen molar-refractivity contribution in [1.82, 2.24) is 20.2 Å². The molecule has 20 heavy (non-hydrogen) atoms. The van der Waals surface area contributed by atoms with Crippen LogP contribution in [0.15, 0.2) is 24.5 Å². The fraction of sp³-hybridized carbons (Fsp3) is 0.462. The molecule has 0 spiro atoms. The fourth-order valence-corrected chi connectivity index (χ4v) is 2.55. The van der Waals surface area contributed by atoms with Crippen LogP contribution >= 0.6 is 11.6 Å². The summed E-state index contributed by atoms with van der Waals surface area (Å²) in [6, 6.07) is 5.76. The molecule has 0 aliphatic heterocycles. The van der Waals surface area contributed by atoms with Crippen molar-refractivity contribution in [2.24, 2.45) is 5.41 Å². The topological polar surface area (TPSA) is 75.9 Å². The van der Waals surface area contributed by atoms with Crippen molar-refractivity contribution < 1.29 is 5.11 Å². The van der Waals surface area contributed by atoms with Crippen LogP contribution in [-0.4, -0.2) is 37.5 Å². The average Bonchev–Trinajstić information content (AvgIpc) is 2.94. The number of anilines is 1. The number of nitrogens with one attached hydrogen (secondary N) is 1. The van der Waals surface area contributed by atoms with Gasteiger partial charge in [-0.2, -0.15) is 0 Å². The lowest BCUT2D eigenvalue weighted by Crippen LogP contribution is -2.56. The second-order valence-electron chi connectivity index (χ2n) is 5.69. The van der Waals surface area contributed by atoms with Gasteiger partial charge in [0.05, 0.1) is 22.5 Å². The van der Waals surface area contributed by atoms with E-state index in [-0.39, 0.29) is 17.6 Å². The van der Waals surface area contributed by atoms with E-state index >= 15 is 0 Å². The van der Waals surface area contributed by atoms with Crippen molar-refractivity contribution in [3.63, 3.8) is 0 Å². The molecule has 0 bridgehead atoms. The van der Waals surface area contributed by atoms with E-state index < -0.39 is 0 Å². The van der Waals surface area contributed by atoms with E-state index in [1.807, 2.05) is 32.0 Å². The Labute approximate surface area is 121 Å². The van der Waals surface area contributed by atoms with Gasteiger partial charge in [-0.25, -0.2) is 4.68 Å². The summed E-state index contributed by atoms with van der Waals surface area (Å²) in [5, 5.41) is 24.9. The summed E-state index contributed by atoms with van der Waals surface area (Å²) in [5.74, 6) is 0. The molecule has 2 aromatic rings. The zero-order valence-corrected chi connectivity index (χ0v) is 12.0. The molecular formula is C13H16ClN5O. The third-order valence-electron chi connectivity index (χ3n) is 4.11. The zero-order chi connectivity index (χ0) is 14.3. The van der Waals surface area contributed by atoms with Gasteiger partial charge in [-0.3, -0.25) is 0 Å². The molecule has 1 heterocycles. The predicted molar refractivity (Wildman–Crippen MR) is 76.0 cm³/mol. The number of aliphatic hydroxyl groups is 1. The summed E-state index contributed by atoms with van der Waals surface area (Å²) < 4.78 is 1.57. The number of halogens is 1. The number of benzene rings is 1. The van der Waals surface area contributed by atoms with Gasteiger partial charge in [0.15, 0.2) is 0 Å². The second-order valence-corrected chi connectivity index (χ2v) is 6.10. The lowest BCUT2D eigenvalue weighted by Gasteiger charge is -2.50. The molecule has 3 rings (SSSR count). The molecule has 1 fully saturated rings. The third kappa shape index (κ3) is 2.14. The Morgan fingerprint density at radius 2 is 2.25 bits per heavy atom. The van der Waals surface area contributed by atoms with Crippen LogP contribution in [-0.2, 0) is 0 Å². The highest BCUT2D eigenvalue weighted by Crippen LogP contribution is 2.43. The van der Waals surface area contributed by atoms with Crippen molar-refractivity contribution >= 4 is 17.3 Å². The van der Waals surface area contributed by atoms with Gasteiger partial charge < -0.3 is 10.4 Å². The summed E-state index contributed by atoms with van der Waals surface area (Å²) in [6.45, 7) is 4.08. The molecule has 1 saturated carbocycles. The molecule has 2 atom stereocenters. The van der Waals surface area contributed by atoms with Crippen molar-refractivity contribution in [3.05, 3.63) is 29.5 Å². The normalized spacial score (nSPS) is 24.2. The van der Waals surface area contributed by atoms with Crippen molar-refractivity contribution in [2.75, 3.05) is 5.32 Å². The Kier molecular flexibility index (Phi) is 3.14. The maximum atomic E-state index is 9.79. The van der Waals surface area contributed by atoms with Crippen LogP contribution in [0.4, 0.5) is 5.69 Å². The molecule has 1 aromatic carbocycles. The number of aliphatic hydroxyl groups excluding tert-OH is 1. The van der Waals surface area contributed by atoms with Crippen LogP contribution in [0, 0.1) is 5.41 Å². The molecule has 0 amide bonds. The Morgan fingerprint density at radius 1 is 1.45 bits per heavy atom. The molecule has 0 radical (unpaired) electrons. The van der Waals surface area contributed by atoms with E-state index in [1.165, 1.54) is 6.33 Å². The highest BCUT2D eigenvalue weighted by molar-refractivity contribution is 6.33. The molecule has 0 saturated heterocycles. The van der Waals surface area contributed by atoms with Gasteiger partial charge in [0.1, 0.15) is 6.33 Å². The molecule has 1 aliphatic carbocycles. The monoisotopic (exact) mass is 293 g/mol. The minimum Gasteiger partial charge on any atom is -0.392 e. The quantitative estimate of drug-likeness (QED) is 0.904. The van der Waals surface area contributed by atoms with E-state index in [1.54, 1.807) is 4.68 Å². The van der Waals surface area contributed by atoms with Gasteiger partial charge in [-0.05, 0) is 35.0 Å². The fourth-order valence-electron chi connectivity index (χ4n) is 2.38. The van der Waals surface area contributed by atoms with E-state index in [2.05, 4.69) is 20.8 Å².